The molecule has 1 rings (SSSR count). The number of piperazine rings is 1. The van der Waals surface area contributed by atoms with Crippen molar-refractivity contribution < 1.29 is 13.6 Å². The molecular formula is C10H22N4O3S. The Balaban J connectivity index is 2.71. The fourth-order valence-electron chi connectivity index (χ4n) is 1.99. The third kappa shape index (κ3) is 2.93. The molecule has 0 aromatic carbocycles. The van der Waals surface area contributed by atoms with Crippen molar-refractivity contribution in [3.05, 3.63) is 0 Å². The highest BCUT2D eigenvalue weighted by Crippen LogP contribution is 2.18. The summed E-state index contributed by atoms with van der Waals surface area (Å²) in [6, 6.07) is 0. The molecule has 0 aromatic rings. The molecule has 0 unspecified atom stereocenters. The Morgan fingerprint density at radius 1 is 1.33 bits per heavy atom. The average molecular weight is 278 g/mol. The molecule has 1 fully saturated rings. The molecule has 0 aliphatic carbocycles. The predicted octanol–water partition coefficient (Wildman–Crippen LogP) is -0.521. The SMILES string of the molecule is CCS(=O)(=O)N1CCN(C(C)(C)/C(N)=N/O)CC1. The largest absolute Gasteiger partial charge is 0.409 e. The van der Waals surface area contributed by atoms with E-state index < -0.39 is 15.6 Å². The summed E-state index contributed by atoms with van der Waals surface area (Å²) in [7, 11) is -3.12. The number of hydrogen-bond donors (Lipinski definition) is 2. The van der Waals surface area contributed by atoms with Crippen molar-refractivity contribution in [2.75, 3.05) is 31.9 Å². The monoisotopic (exact) mass is 278 g/mol. The van der Waals surface area contributed by atoms with Crippen molar-refractivity contribution in [3.8, 4) is 0 Å². The van der Waals surface area contributed by atoms with Gasteiger partial charge in [0.15, 0.2) is 5.84 Å². The maximum absolute atomic E-state index is 11.7. The zero-order valence-corrected chi connectivity index (χ0v) is 11.9. The van der Waals surface area contributed by atoms with Gasteiger partial charge in [0.05, 0.1) is 11.3 Å². The van der Waals surface area contributed by atoms with Gasteiger partial charge in [-0.2, -0.15) is 4.31 Å². The Morgan fingerprint density at radius 3 is 2.22 bits per heavy atom. The maximum Gasteiger partial charge on any atom is 0.213 e. The van der Waals surface area contributed by atoms with Crippen molar-refractivity contribution in [1.82, 2.24) is 9.21 Å². The number of nitrogens with zero attached hydrogens (tertiary/aromatic N) is 3. The first-order valence-corrected chi connectivity index (χ1v) is 7.57. The Hall–Kier alpha value is -0.860. The van der Waals surface area contributed by atoms with Gasteiger partial charge in [0.2, 0.25) is 10.0 Å². The molecule has 0 radical (unpaired) electrons. The molecule has 1 heterocycles. The van der Waals surface area contributed by atoms with Crippen molar-refractivity contribution in [2.45, 2.75) is 26.3 Å². The van der Waals surface area contributed by atoms with Gasteiger partial charge < -0.3 is 10.9 Å². The molecule has 0 bridgehead atoms. The van der Waals surface area contributed by atoms with E-state index in [1.54, 1.807) is 6.92 Å². The molecule has 1 aliphatic rings. The molecule has 3 N–H and O–H groups in total. The van der Waals surface area contributed by atoms with E-state index in [9.17, 15) is 8.42 Å². The first-order chi connectivity index (χ1) is 8.25. The molecule has 8 heteroatoms. The average Bonchev–Trinajstić information content (AvgIpc) is 2.37. The summed E-state index contributed by atoms with van der Waals surface area (Å²) in [5.41, 5.74) is 5.08. The van der Waals surface area contributed by atoms with Gasteiger partial charge >= 0.3 is 0 Å². The minimum atomic E-state index is -3.12. The zero-order chi connectivity index (χ0) is 14.0. The van der Waals surface area contributed by atoms with Gasteiger partial charge in [0.1, 0.15) is 0 Å². The second kappa shape index (κ2) is 5.41. The van der Waals surface area contributed by atoms with E-state index in [1.165, 1.54) is 4.31 Å². The molecule has 0 amide bonds. The highest BCUT2D eigenvalue weighted by Gasteiger charge is 2.35. The topological polar surface area (TPSA) is 99.2 Å². The fraction of sp³-hybridized carbons (Fsp3) is 0.900. The minimum Gasteiger partial charge on any atom is -0.409 e. The third-order valence-corrected chi connectivity index (χ3v) is 5.40. The lowest BCUT2D eigenvalue weighted by atomic mass is 10.0. The first-order valence-electron chi connectivity index (χ1n) is 5.96. The summed E-state index contributed by atoms with van der Waals surface area (Å²) in [5.74, 6) is 0.255. The summed E-state index contributed by atoms with van der Waals surface area (Å²) < 4.78 is 24.9. The van der Waals surface area contributed by atoms with Crippen LogP contribution >= 0.6 is 0 Å². The van der Waals surface area contributed by atoms with Crippen LogP contribution in [0, 0.1) is 0 Å². The molecule has 1 saturated heterocycles. The zero-order valence-electron chi connectivity index (χ0n) is 11.1. The van der Waals surface area contributed by atoms with Gasteiger partial charge in [-0.3, -0.25) is 4.90 Å². The molecule has 1 aliphatic heterocycles. The highest BCUT2D eigenvalue weighted by molar-refractivity contribution is 7.89. The number of amidine groups is 1. The van der Waals surface area contributed by atoms with Gasteiger partial charge in [-0.05, 0) is 20.8 Å². The number of hydrogen-bond acceptors (Lipinski definition) is 5. The van der Waals surface area contributed by atoms with Crippen LogP contribution in [0.4, 0.5) is 0 Å². The van der Waals surface area contributed by atoms with Crippen LogP contribution in [0.3, 0.4) is 0 Å². The summed E-state index contributed by atoms with van der Waals surface area (Å²) in [4.78, 5) is 2.02. The molecule has 18 heavy (non-hydrogen) atoms. The lowest BCUT2D eigenvalue weighted by molar-refractivity contribution is 0.119. The fourth-order valence-corrected chi connectivity index (χ4v) is 3.08. The van der Waals surface area contributed by atoms with E-state index in [-0.39, 0.29) is 11.6 Å². The summed E-state index contributed by atoms with van der Waals surface area (Å²) in [6.07, 6.45) is 0. The van der Waals surface area contributed by atoms with E-state index in [0.717, 1.165) is 0 Å². The molecule has 0 spiro atoms. The van der Waals surface area contributed by atoms with Crippen molar-refractivity contribution in [1.29, 1.82) is 0 Å². The summed E-state index contributed by atoms with van der Waals surface area (Å²) in [5, 5.41) is 11.8. The summed E-state index contributed by atoms with van der Waals surface area (Å²) in [6.45, 7) is 7.38. The Kier molecular flexibility index (Phi) is 4.57. The van der Waals surface area contributed by atoms with Gasteiger partial charge in [-0.15, -0.1) is 0 Å². The smallest absolute Gasteiger partial charge is 0.213 e. The quantitative estimate of drug-likeness (QED) is 0.312. The van der Waals surface area contributed by atoms with Crippen LogP contribution in [-0.4, -0.2) is 66.1 Å². The number of nitrogens with two attached hydrogens (primary N) is 1. The minimum absolute atomic E-state index is 0.122. The van der Waals surface area contributed by atoms with Crippen molar-refractivity contribution in [2.24, 2.45) is 10.9 Å². The van der Waals surface area contributed by atoms with Crippen LogP contribution < -0.4 is 5.73 Å². The van der Waals surface area contributed by atoms with E-state index in [4.69, 9.17) is 10.9 Å². The van der Waals surface area contributed by atoms with Crippen molar-refractivity contribution >= 4 is 15.9 Å². The van der Waals surface area contributed by atoms with E-state index in [0.29, 0.717) is 26.2 Å². The maximum atomic E-state index is 11.7. The molecule has 0 saturated carbocycles. The Morgan fingerprint density at radius 2 is 1.83 bits per heavy atom. The molecular weight excluding hydrogens is 256 g/mol. The summed E-state index contributed by atoms with van der Waals surface area (Å²) >= 11 is 0. The molecule has 0 atom stereocenters. The van der Waals surface area contributed by atoms with Crippen LogP contribution in [0.2, 0.25) is 0 Å². The van der Waals surface area contributed by atoms with Crippen LogP contribution in [0.25, 0.3) is 0 Å². The molecule has 0 aromatic heterocycles. The number of sulfonamides is 1. The van der Waals surface area contributed by atoms with Crippen LogP contribution in [0.5, 0.6) is 0 Å². The number of rotatable bonds is 4. The molecule has 7 nitrogen and oxygen atoms in total. The highest BCUT2D eigenvalue weighted by atomic mass is 32.2. The Bertz CT molecular complexity index is 411. The van der Waals surface area contributed by atoms with Gasteiger partial charge in [0, 0.05) is 26.2 Å². The van der Waals surface area contributed by atoms with E-state index >= 15 is 0 Å². The van der Waals surface area contributed by atoms with Gasteiger partial charge in [-0.1, -0.05) is 5.16 Å². The van der Waals surface area contributed by atoms with Crippen LogP contribution in [0.1, 0.15) is 20.8 Å². The third-order valence-electron chi connectivity index (χ3n) is 3.52. The second-order valence-electron chi connectivity index (χ2n) is 4.83. The van der Waals surface area contributed by atoms with E-state index in [2.05, 4.69) is 5.16 Å². The predicted molar refractivity (Wildman–Crippen MR) is 70.1 cm³/mol. The number of oxime groups is 1. The van der Waals surface area contributed by atoms with Crippen LogP contribution in [-0.2, 0) is 10.0 Å². The van der Waals surface area contributed by atoms with Gasteiger partial charge in [0.25, 0.3) is 0 Å². The lowest BCUT2D eigenvalue weighted by Crippen LogP contribution is -2.60. The van der Waals surface area contributed by atoms with Crippen LogP contribution in [0.15, 0.2) is 5.16 Å². The second-order valence-corrected chi connectivity index (χ2v) is 7.09. The normalized spacial score (nSPS) is 21.2. The van der Waals surface area contributed by atoms with E-state index in [1.807, 2.05) is 18.7 Å². The Labute approximate surface area is 108 Å². The molecule has 106 valence electrons. The standard InChI is InChI=1S/C10H22N4O3S/c1-4-18(16,17)14-7-5-13(6-8-14)10(2,3)9(11)12-15/h15H,4-8H2,1-3H3,(H2,11,12). The van der Waals surface area contributed by atoms with Crippen molar-refractivity contribution in [3.63, 3.8) is 0 Å². The van der Waals surface area contributed by atoms with Gasteiger partial charge in [-0.25, -0.2) is 8.42 Å². The lowest BCUT2D eigenvalue weighted by Gasteiger charge is -2.42. The first kappa shape index (κ1) is 15.2.